The second-order valence-corrected chi connectivity index (χ2v) is 9.51. The first-order chi connectivity index (χ1) is 14.8. The summed E-state index contributed by atoms with van der Waals surface area (Å²) in [7, 11) is -3.85. The van der Waals surface area contributed by atoms with Crippen LogP contribution in [0.15, 0.2) is 76.5 Å². The Morgan fingerprint density at radius 1 is 1.10 bits per heavy atom. The predicted molar refractivity (Wildman–Crippen MR) is 124 cm³/mol. The van der Waals surface area contributed by atoms with E-state index in [-0.39, 0.29) is 4.90 Å². The summed E-state index contributed by atoms with van der Waals surface area (Å²) >= 11 is 1.66. The van der Waals surface area contributed by atoms with E-state index in [4.69, 9.17) is 9.88 Å². The maximum absolute atomic E-state index is 11.8. The molecule has 0 bridgehead atoms. The molecule has 0 amide bonds. The lowest BCUT2D eigenvalue weighted by atomic mass is 10.1. The number of ether oxygens (including phenoxy) is 1. The van der Waals surface area contributed by atoms with Crippen molar-refractivity contribution in [3.63, 3.8) is 0 Å². The minimum atomic E-state index is -3.85. The average molecular weight is 459 g/mol. The van der Waals surface area contributed by atoms with Crippen molar-refractivity contribution in [1.29, 1.82) is 0 Å². The summed E-state index contributed by atoms with van der Waals surface area (Å²) in [5.41, 5.74) is 2.52. The highest BCUT2D eigenvalue weighted by atomic mass is 32.2. The number of sulfonamides is 1. The molecule has 31 heavy (non-hydrogen) atoms. The molecule has 0 heterocycles. The van der Waals surface area contributed by atoms with Crippen molar-refractivity contribution in [2.75, 3.05) is 12.8 Å². The Morgan fingerprint density at radius 3 is 2.48 bits per heavy atom. The zero-order chi connectivity index (χ0) is 22.4. The summed E-state index contributed by atoms with van der Waals surface area (Å²) in [4.78, 5) is 1.17. The van der Waals surface area contributed by atoms with E-state index in [2.05, 4.69) is 5.32 Å². The third-order valence-electron chi connectivity index (χ3n) is 4.79. The number of rotatable bonds is 9. The van der Waals surface area contributed by atoms with Crippen LogP contribution in [0.5, 0.6) is 11.5 Å². The first kappa shape index (κ1) is 23.3. The standard InChI is InChI=1S/C23H26N2O4S2/c1-16-12-19(8-11-23(16)30-2)29-22-10-9-20(31(24,27)28)13-18(22)14-25-15-21(26)17-6-4-3-5-7-17/h3-13,21,25-26H,14-15H2,1-2H3,(H2,24,27,28)/t21-/m1/s1. The number of aliphatic hydroxyl groups excluding tert-OH is 1. The van der Waals surface area contributed by atoms with Crippen molar-refractivity contribution in [2.24, 2.45) is 5.14 Å². The van der Waals surface area contributed by atoms with Gasteiger partial charge in [0.25, 0.3) is 0 Å². The minimum Gasteiger partial charge on any atom is -0.457 e. The highest BCUT2D eigenvalue weighted by Crippen LogP contribution is 2.30. The molecule has 0 aromatic heterocycles. The molecule has 1 atom stereocenters. The van der Waals surface area contributed by atoms with Crippen LogP contribution in [0.1, 0.15) is 22.8 Å². The van der Waals surface area contributed by atoms with E-state index >= 15 is 0 Å². The van der Waals surface area contributed by atoms with Gasteiger partial charge in [0.15, 0.2) is 0 Å². The second kappa shape index (κ2) is 10.3. The number of aliphatic hydroxyl groups is 1. The Hall–Kier alpha value is -2.36. The number of primary sulfonamides is 1. The molecule has 0 aliphatic heterocycles. The van der Waals surface area contributed by atoms with Gasteiger partial charge >= 0.3 is 0 Å². The molecule has 0 saturated heterocycles. The van der Waals surface area contributed by atoms with E-state index in [9.17, 15) is 13.5 Å². The van der Waals surface area contributed by atoms with Gasteiger partial charge in [-0.1, -0.05) is 30.3 Å². The van der Waals surface area contributed by atoms with Crippen molar-refractivity contribution in [3.8, 4) is 11.5 Å². The summed E-state index contributed by atoms with van der Waals surface area (Å²) < 4.78 is 29.7. The molecular formula is C23H26N2O4S2. The molecule has 0 spiro atoms. The van der Waals surface area contributed by atoms with Crippen molar-refractivity contribution in [1.82, 2.24) is 5.32 Å². The summed E-state index contributed by atoms with van der Waals surface area (Å²) in [6.45, 7) is 2.60. The van der Waals surface area contributed by atoms with Crippen molar-refractivity contribution < 1.29 is 18.3 Å². The maximum Gasteiger partial charge on any atom is 0.238 e. The number of benzene rings is 3. The van der Waals surface area contributed by atoms with E-state index in [0.29, 0.717) is 30.2 Å². The number of nitrogens with two attached hydrogens (primary N) is 1. The lowest BCUT2D eigenvalue weighted by molar-refractivity contribution is 0.174. The number of hydrogen-bond acceptors (Lipinski definition) is 6. The second-order valence-electron chi connectivity index (χ2n) is 7.11. The van der Waals surface area contributed by atoms with Crippen LogP contribution in [0, 0.1) is 6.92 Å². The fourth-order valence-corrected chi connectivity index (χ4v) is 4.30. The Bertz CT molecular complexity index is 1140. The minimum absolute atomic E-state index is 0.00849. The summed E-state index contributed by atoms with van der Waals surface area (Å²) in [6.07, 6.45) is 1.33. The van der Waals surface area contributed by atoms with E-state index in [1.54, 1.807) is 17.8 Å². The lowest BCUT2D eigenvalue weighted by Gasteiger charge is -2.16. The maximum atomic E-state index is 11.8. The number of hydrogen-bond donors (Lipinski definition) is 3. The number of aryl methyl sites for hydroxylation is 1. The highest BCUT2D eigenvalue weighted by Gasteiger charge is 2.14. The lowest BCUT2D eigenvalue weighted by Crippen LogP contribution is -2.21. The Balaban J connectivity index is 1.80. The van der Waals surface area contributed by atoms with Gasteiger partial charge in [-0.05, 0) is 60.7 Å². The first-order valence-corrected chi connectivity index (χ1v) is 12.5. The van der Waals surface area contributed by atoms with Crippen molar-refractivity contribution >= 4 is 21.8 Å². The zero-order valence-electron chi connectivity index (χ0n) is 17.4. The number of nitrogens with one attached hydrogen (secondary N) is 1. The molecule has 6 nitrogen and oxygen atoms in total. The normalized spacial score (nSPS) is 12.5. The molecule has 0 unspecified atom stereocenters. The van der Waals surface area contributed by atoms with Crippen molar-refractivity contribution in [2.45, 2.75) is 29.4 Å². The van der Waals surface area contributed by atoms with Gasteiger partial charge in [-0.3, -0.25) is 0 Å². The van der Waals surface area contributed by atoms with Crippen LogP contribution < -0.4 is 15.2 Å². The van der Waals surface area contributed by atoms with Crippen LogP contribution >= 0.6 is 11.8 Å². The number of thioether (sulfide) groups is 1. The molecule has 3 aromatic carbocycles. The van der Waals surface area contributed by atoms with E-state index in [1.807, 2.05) is 61.7 Å². The van der Waals surface area contributed by atoms with Crippen molar-refractivity contribution in [3.05, 3.63) is 83.4 Å². The molecule has 164 valence electrons. The Labute approximate surface area is 187 Å². The SMILES string of the molecule is CSc1ccc(Oc2ccc(S(N)(=O)=O)cc2CNC[C@@H](O)c2ccccc2)cc1C. The molecule has 3 rings (SSSR count). The zero-order valence-corrected chi connectivity index (χ0v) is 19.0. The third kappa shape index (κ3) is 6.32. The van der Waals surface area contributed by atoms with Gasteiger partial charge in [0, 0.05) is 23.5 Å². The van der Waals surface area contributed by atoms with Gasteiger partial charge in [-0.25, -0.2) is 13.6 Å². The molecule has 0 aliphatic rings. The molecule has 0 aliphatic carbocycles. The molecule has 0 saturated carbocycles. The van der Waals surface area contributed by atoms with E-state index in [1.165, 1.54) is 12.1 Å². The molecule has 4 N–H and O–H groups in total. The molecule has 0 radical (unpaired) electrons. The Kier molecular flexibility index (Phi) is 7.74. The molecule has 3 aromatic rings. The molecular weight excluding hydrogens is 432 g/mol. The van der Waals surface area contributed by atoms with Gasteiger partial charge in [0.05, 0.1) is 11.0 Å². The van der Waals surface area contributed by atoms with Crippen LogP contribution in [0.4, 0.5) is 0 Å². The van der Waals surface area contributed by atoms with Gasteiger partial charge in [-0.15, -0.1) is 11.8 Å². The van der Waals surface area contributed by atoms with Gasteiger partial charge in [0.2, 0.25) is 10.0 Å². The fourth-order valence-electron chi connectivity index (χ4n) is 3.15. The predicted octanol–water partition coefficient (Wildman–Crippen LogP) is 3.98. The van der Waals surface area contributed by atoms with Crippen LogP contribution in [0.25, 0.3) is 0 Å². The summed E-state index contributed by atoms with van der Waals surface area (Å²) in [6, 6.07) is 19.6. The fraction of sp³-hybridized carbons (Fsp3) is 0.217. The van der Waals surface area contributed by atoms with Crippen LogP contribution in [0.2, 0.25) is 0 Å². The Morgan fingerprint density at radius 2 is 1.84 bits per heavy atom. The van der Waals surface area contributed by atoms with Gasteiger partial charge in [-0.2, -0.15) is 0 Å². The topological polar surface area (TPSA) is 102 Å². The molecule has 0 fully saturated rings. The smallest absolute Gasteiger partial charge is 0.238 e. The van der Waals surface area contributed by atoms with Gasteiger partial charge < -0.3 is 15.2 Å². The van der Waals surface area contributed by atoms with E-state index in [0.717, 1.165) is 16.0 Å². The van der Waals surface area contributed by atoms with E-state index < -0.39 is 16.1 Å². The molecule has 8 heteroatoms. The largest absolute Gasteiger partial charge is 0.457 e. The summed E-state index contributed by atoms with van der Waals surface area (Å²) in [5.74, 6) is 1.18. The summed E-state index contributed by atoms with van der Waals surface area (Å²) in [5, 5.41) is 18.8. The first-order valence-electron chi connectivity index (χ1n) is 9.70. The highest BCUT2D eigenvalue weighted by molar-refractivity contribution is 7.98. The van der Waals surface area contributed by atoms with Crippen LogP contribution in [-0.4, -0.2) is 26.3 Å². The third-order valence-corrected chi connectivity index (χ3v) is 6.60. The quantitative estimate of drug-likeness (QED) is 0.419. The monoisotopic (exact) mass is 458 g/mol. The van der Waals surface area contributed by atoms with Crippen LogP contribution in [-0.2, 0) is 16.6 Å². The van der Waals surface area contributed by atoms with Gasteiger partial charge in [0.1, 0.15) is 11.5 Å². The average Bonchev–Trinajstić information content (AvgIpc) is 2.74. The van der Waals surface area contributed by atoms with Crippen LogP contribution in [0.3, 0.4) is 0 Å².